The highest BCUT2D eigenvalue weighted by molar-refractivity contribution is 5.31. The summed E-state index contributed by atoms with van der Waals surface area (Å²) in [5.74, 6) is -1.58. The second-order valence-electron chi connectivity index (χ2n) is 5.66. The van der Waals surface area contributed by atoms with Crippen molar-refractivity contribution in [1.82, 2.24) is 9.88 Å². The van der Waals surface area contributed by atoms with Gasteiger partial charge in [-0.15, -0.1) is 0 Å². The van der Waals surface area contributed by atoms with E-state index >= 15 is 0 Å². The molecule has 21 heavy (non-hydrogen) atoms. The molecule has 1 atom stereocenters. The van der Waals surface area contributed by atoms with Gasteiger partial charge in [0, 0.05) is 25.0 Å². The van der Waals surface area contributed by atoms with Crippen LogP contribution in [-0.2, 0) is 13.0 Å². The van der Waals surface area contributed by atoms with Gasteiger partial charge in [0.25, 0.3) is 0 Å². The second-order valence-corrected chi connectivity index (χ2v) is 5.66. The molecule has 2 aromatic rings. The molecule has 1 aromatic carbocycles. The van der Waals surface area contributed by atoms with Crippen LogP contribution >= 0.6 is 0 Å². The molecule has 1 heterocycles. The van der Waals surface area contributed by atoms with Crippen LogP contribution in [0.5, 0.6) is 0 Å². The average Bonchev–Trinajstić information content (AvgIpc) is 2.87. The van der Waals surface area contributed by atoms with Crippen LogP contribution in [0.1, 0.15) is 42.5 Å². The summed E-state index contributed by atoms with van der Waals surface area (Å²) >= 11 is 0. The van der Waals surface area contributed by atoms with Crippen LogP contribution in [0.4, 0.5) is 8.78 Å². The van der Waals surface area contributed by atoms with Crippen molar-refractivity contribution in [1.29, 1.82) is 0 Å². The SMILES string of the molecule is CCNC1CCCc2cn(Cc3ccc(F)c(F)c3)cc21. The van der Waals surface area contributed by atoms with E-state index in [0.29, 0.717) is 12.6 Å². The van der Waals surface area contributed by atoms with Gasteiger partial charge in [-0.25, -0.2) is 8.78 Å². The van der Waals surface area contributed by atoms with Crippen molar-refractivity contribution in [2.24, 2.45) is 0 Å². The molecule has 0 aliphatic heterocycles. The van der Waals surface area contributed by atoms with Crippen molar-refractivity contribution in [3.05, 3.63) is 58.9 Å². The van der Waals surface area contributed by atoms with E-state index in [-0.39, 0.29) is 0 Å². The van der Waals surface area contributed by atoms with Crippen molar-refractivity contribution in [3.8, 4) is 0 Å². The highest BCUT2D eigenvalue weighted by Crippen LogP contribution is 2.30. The predicted molar refractivity (Wildman–Crippen MR) is 79.2 cm³/mol. The molecule has 0 amide bonds. The number of hydrogen-bond acceptors (Lipinski definition) is 1. The Hall–Kier alpha value is -1.68. The lowest BCUT2D eigenvalue weighted by Crippen LogP contribution is -2.23. The van der Waals surface area contributed by atoms with Crippen LogP contribution < -0.4 is 5.32 Å². The van der Waals surface area contributed by atoms with Crippen LogP contribution in [0.3, 0.4) is 0 Å². The van der Waals surface area contributed by atoms with E-state index in [0.717, 1.165) is 24.9 Å². The summed E-state index contributed by atoms with van der Waals surface area (Å²) in [6, 6.07) is 4.52. The van der Waals surface area contributed by atoms with Gasteiger partial charge in [0.2, 0.25) is 0 Å². The molecule has 1 unspecified atom stereocenters. The zero-order chi connectivity index (χ0) is 14.8. The second kappa shape index (κ2) is 5.98. The number of nitrogens with one attached hydrogen (secondary N) is 1. The molecule has 112 valence electrons. The maximum absolute atomic E-state index is 13.3. The fourth-order valence-corrected chi connectivity index (χ4v) is 3.15. The van der Waals surface area contributed by atoms with E-state index in [2.05, 4.69) is 29.2 Å². The fourth-order valence-electron chi connectivity index (χ4n) is 3.15. The molecule has 1 N–H and O–H groups in total. The van der Waals surface area contributed by atoms with E-state index in [4.69, 9.17) is 0 Å². The number of aromatic nitrogens is 1. The molecule has 1 aromatic heterocycles. The highest BCUT2D eigenvalue weighted by Gasteiger charge is 2.21. The molecule has 0 radical (unpaired) electrons. The van der Waals surface area contributed by atoms with E-state index in [9.17, 15) is 8.78 Å². The molecule has 0 spiro atoms. The first kappa shape index (κ1) is 14.3. The Labute approximate surface area is 123 Å². The largest absolute Gasteiger partial charge is 0.349 e. The van der Waals surface area contributed by atoms with Gasteiger partial charge < -0.3 is 9.88 Å². The van der Waals surface area contributed by atoms with E-state index in [1.807, 2.05) is 0 Å². The number of fused-ring (bicyclic) bond motifs is 1. The summed E-state index contributed by atoms with van der Waals surface area (Å²) < 4.78 is 28.3. The zero-order valence-corrected chi connectivity index (χ0v) is 12.2. The van der Waals surface area contributed by atoms with Gasteiger partial charge in [0.15, 0.2) is 11.6 Å². The first-order valence-corrected chi connectivity index (χ1v) is 7.53. The third kappa shape index (κ3) is 3.00. The number of benzene rings is 1. The first-order chi connectivity index (χ1) is 10.2. The van der Waals surface area contributed by atoms with Crippen molar-refractivity contribution in [3.63, 3.8) is 0 Å². The van der Waals surface area contributed by atoms with Crippen LogP contribution in [0.15, 0.2) is 30.6 Å². The van der Waals surface area contributed by atoms with Gasteiger partial charge in [-0.05, 0) is 54.6 Å². The maximum Gasteiger partial charge on any atom is 0.159 e. The lowest BCUT2D eigenvalue weighted by atomic mass is 9.91. The average molecular weight is 290 g/mol. The Bertz CT molecular complexity index is 634. The van der Waals surface area contributed by atoms with Crippen LogP contribution in [0.2, 0.25) is 0 Å². The van der Waals surface area contributed by atoms with Gasteiger partial charge in [-0.2, -0.15) is 0 Å². The summed E-state index contributed by atoms with van der Waals surface area (Å²) in [5, 5.41) is 3.51. The minimum atomic E-state index is -0.794. The minimum absolute atomic E-state index is 0.421. The fraction of sp³-hybridized carbons (Fsp3) is 0.412. The molecule has 1 aliphatic rings. The third-order valence-electron chi connectivity index (χ3n) is 4.11. The van der Waals surface area contributed by atoms with Crippen molar-refractivity contribution in [2.75, 3.05) is 6.54 Å². The van der Waals surface area contributed by atoms with Crippen molar-refractivity contribution in [2.45, 2.75) is 38.8 Å². The van der Waals surface area contributed by atoms with Gasteiger partial charge in [-0.3, -0.25) is 0 Å². The van der Waals surface area contributed by atoms with E-state index < -0.39 is 11.6 Å². The summed E-state index contributed by atoms with van der Waals surface area (Å²) in [6.07, 6.45) is 7.74. The first-order valence-electron chi connectivity index (χ1n) is 7.53. The molecule has 0 saturated heterocycles. The van der Waals surface area contributed by atoms with E-state index in [1.165, 1.54) is 29.7 Å². The van der Waals surface area contributed by atoms with Crippen LogP contribution in [-0.4, -0.2) is 11.1 Å². The van der Waals surface area contributed by atoms with Gasteiger partial charge in [0.1, 0.15) is 0 Å². The van der Waals surface area contributed by atoms with E-state index in [1.54, 1.807) is 6.07 Å². The molecular formula is C17H20F2N2. The number of halogens is 2. The standard InChI is InChI=1S/C17H20F2N2/c1-2-20-17-5-3-4-13-10-21(11-14(13)17)9-12-6-7-15(18)16(19)8-12/h6-8,10-11,17,20H,2-5,9H2,1H3. The normalized spacial score (nSPS) is 17.8. The molecule has 2 nitrogen and oxygen atoms in total. The topological polar surface area (TPSA) is 17.0 Å². The number of rotatable bonds is 4. The zero-order valence-electron chi connectivity index (χ0n) is 12.2. The predicted octanol–water partition coefficient (Wildman–Crippen LogP) is 3.80. The number of aryl methyl sites for hydroxylation is 1. The van der Waals surface area contributed by atoms with Crippen molar-refractivity contribution >= 4 is 0 Å². The van der Waals surface area contributed by atoms with Gasteiger partial charge >= 0.3 is 0 Å². The molecule has 4 heteroatoms. The Balaban J connectivity index is 1.82. The molecule has 1 aliphatic carbocycles. The summed E-state index contributed by atoms with van der Waals surface area (Å²) in [7, 11) is 0. The van der Waals surface area contributed by atoms with Crippen LogP contribution in [0, 0.1) is 11.6 Å². The Morgan fingerprint density at radius 3 is 2.86 bits per heavy atom. The van der Waals surface area contributed by atoms with Crippen molar-refractivity contribution < 1.29 is 8.78 Å². The maximum atomic E-state index is 13.3. The summed E-state index contributed by atoms with van der Waals surface area (Å²) in [5.41, 5.74) is 3.50. The quantitative estimate of drug-likeness (QED) is 0.906. The Morgan fingerprint density at radius 2 is 2.10 bits per heavy atom. The summed E-state index contributed by atoms with van der Waals surface area (Å²) in [6.45, 7) is 3.65. The molecule has 3 rings (SSSR count). The highest BCUT2D eigenvalue weighted by atomic mass is 19.2. The molecule has 0 bridgehead atoms. The monoisotopic (exact) mass is 290 g/mol. The van der Waals surface area contributed by atoms with Gasteiger partial charge in [0.05, 0.1) is 0 Å². The lowest BCUT2D eigenvalue weighted by Gasteiger charge is -2.22. The lowest BCUT2D eigenvalue weighted by molar-refractivity contribution is 0.473. The Kier molecular flexibility index (Phi) is 4.06. The third-order valence-corrected chi connectivity index (χ3v) is 4.11. The number of hydrogen-bond donors (Lipinski definition) is 1. The van der Waals surface area contributed by atoms with Gasteiger partial charge in [-0.1, -0.05) is 13.0 Å². The smallest absolute Gasteiger partial charge is 0.159 e. The Morgan fingerprint density at radius 1 is 1.24 bits per heavy atom. The van der Waals surface area contributed by atoms with Crippen LogP contribution in [0.25, 0.3) is 0 Å². The number of nitrogens with zero attached hydrogens (tertiary/aromatic N) is 1. The molecule has 0 fully saturated rings. The minimum Gasteiger partial charge on any atom is -0.349 e. The summed E-state index contributed by atoms with van der Waals surface area (Å²) in [4.78, 5) is 0. The molecule has 0 saturated carbocycles. The molecular weight excluding hydrogens is 270 g/mol.